The van der Waals surface area contributed by atoms with E-state index < -0.39 is 5.97 Å². The number of rotatable bonds is 4. The summed E-state index contributed by atoms with van der Waals surface area (Å²) < 4.78 is 6.99. The van der Waals surface area contributed by atoms with E-state index in [9.17, 15) is 4.79 Å². The van der Waals surface area contributed by atoms with Crippen LogP contribution in [0.5, 0.6) is 6.01 Å². The largest absolute Gasteiger partial charge is 0.475 e. The second kappa shape index (κ2) is 5.16. The van der Waals surface area contributed by atoms with Crippen molar-refractivity contribution < 1.29 is 14.6 Å². The smallest absolute Gasteiger partial charge is 0.374 e. The van der Waals surface area contributed by atoms with Crippen LogP contribution < -0.4 is 4.74 Å². The Morgan fingerprint density at radius 2 is 2.12 bits per heavy atom. The number of carbonyl (C=O) groups is 1. The summed E-state index contributed by atoms with van der Waals surface area (Å²) in [7, 11) is 0. The van der Waals surface area contributed by atoms with E-state index in [1.54, 1.807) is 4.57 Å². The van der Waals surface area contributed by atoms with Gasteiger partial charge in [0.15, 0.2) is 0 Å². The van der Waals surface area contributed by atoms with Crippen molar-refractivity contribution in [2.75, 3.05) is 6.61 Å². The first-order valence-electron chi connectivity index (χ1n) is 6.05. The van der Waals surface area contributed by atoms with Crippen molar-refractivity contribution in [3.8, 4) is 6.01 Å². The highest BCUT2D eigenvalue weighted by Gasteiger charge is 2.26. The van der Waals surface area contributed by atoms with E-state index in [2.05, 4.69) is 10.2 Å². The molecule has 0 amide bonds. The maximum atomic E-state index is 11.1. The van der Waals surface area contributed by atoms with Gasteiger partial charge in [0.2, 0.25) is 5.82 Å². The Labute approximate surface area is 99.6 Å². The first-order chi connectivity index (χ1) is 8.24. The molecule has 0 aromatic carbocycles. The van der Waals surface area contributed by atoms with Gasteiger partial charge in [-0.05, 0) is 19.8 Å². The van der Waals surface area contributed by atoms with Crippen molar-refractivity contribution >= 4 is 5.97 Å². The van der Waals surface area contributed by atoms with Gasteiger partial charge >= 0.3 is 12.0 Å². The SMILES string of the molecule is CCOc1nnc(C(=O)O)n1C1CCCCC1. The molecule has 1 heterocycles. The van der Waals surface area contributed by atoms with Crippen molar-refractivity contribution in [3.63, 3.8) is 0 Å². The fourth-order valence-corrected chi connectivity index (χ4v) is 2.32. The molecule has 1 fully saturated rings. The molecule has 6 heteroatoms. The lowest BCUT2D eigenvalue weighted by Crippen LogP contribution is -2.19. The molecule has 1 saturated carbocycles. The number of carboxylic acid groups (broad SMARTS) is 1. The number of aromatic nitrogens is 3. The standard InChI is InChI=1S/C11H17N3O3/c1-2-17-11-13-12-9(10(15)16)14(11)8-6-4-3-5-7-8/h8H,2-7H2,1H3,(H,15,16). The fraction of sp³-hybridized carbons (Fsp3) is 0.727. The average molecular weight is 239 g/mol. The van der Waals surface area contributed by atoms with Gasteiger partial charge in [-0.3, -0.25) is 4.57 Å². The molecule has 1 aromatic heterocycles. The Morgan fingerprint density at radius 1 is 1.41 bits per heavy atom. The third-order valence-electron chi connectivity index (χ3n) is 3.07. The van der Waals surface area contributed by atoms with Gasteiger partial charge in [0, 0.05) is 6.04 Å². The van der Waals surface area contributed by atoms with Crippen LogP contribution in [0.25, 0.3) is 0 Å². The van der Waals surface area contributed by atoms with Gasteiger partial charge in [0.05, 0.1) is 6.61 Å². The molecule has 94 valence electrons. The van der Waals surface area contributed by atoms with Crippen molar-refractivity contribution in [2.45, 2.75) is 45.1 Å². The Kier molecular flexibility index (Phi) is 3.61. The van der Waals surface area contributed by atoms with Crippen molar-refractivity contribution in [1.82, 2.24) is 14.8 Å². The molecule has 1 N–H and O–H groups in total. The second-order valence-corrected chi connectivity index (χ2v) is 4.21. The molecule has 0 bridgehead atoms. The zero-order valence-electron chi connectivity index (χ0n) is 9.93. The van der Waals surface area contributed by atoms with E-state index in [4.69, 9.17) is 9.84 Å². The number of ether oxygens (including phenoxy) is 1. The summed E-state index contributed by atoms with van der Waals surface area (Å²) in [6.45, 7) is 2.31. The molecule has 0 aliphatic heterocycles. The first-order valence-corrected chi connectivity index (χ1v) is 6.05. The topological polar surface area (TPSA) is 77.2 Å². The molecule has 0 radical (unpaired) electrons. The Bertz CT molecular complexity index is 397. The zero-order valence-corrected chi connectivity index (χ0v) is 9.93. The van der Waals surface area contributed by atoms with Gasteiger partial charge in [0.1, 0.15) is 0 Å². The molecule has 0 unspecified atom stereocenters. The molecule has 0 saturated heterocycles. The molecule has 1 aliphatic rings. The van der Waals surface area contributed by atoms with E-state index in [1.165, 1.54) is 6.42 Å². The molecule has 0 atom stereocenters. The quantitative estimate of drug-likeness (QED) is 0.868. The Hall–Kier alpha value is -1.59. The summed E-state index contributed by atoms with van der Waals surface area (Å²) >= 11 is 0. The Balaban J connectivity index is 2.32. The predicted octanol–water partition coefficient (Wildman–Crippen LogP) is 1.88. The first kappa shape index (κ1) is 11.9. The van der Waals surface area contributed by atoms with Gasteiger partial charge in [-0.2, -0.15) is 0 Å². The zero-order chi connectivity index (χ0) is 12.3. The van der Waals surface area contributed by atoms with Crippen LogP contribution in [0.1, 0.15) is 55.7 Å². The third-order valence-corrected chi connectivity index (χ3v) is 3.07. The van der Waals surface area contributed by atoms with Gasteiger partial charge in [-0.15, -0.1) is 5.10 Å². The second-order valence-electron chi connectivity index (χ2n) is 4.21. The van der Waals surface area contributed by atoms with E-state index in [0.717, 1.165) is 25.7 Å². The molecule has 1 aliphatic carbocycles. The lowest BCUT2D eigenvalue weighted by atomic mass is 9.95. The summed E-state index contributed by atoms with van der Waals surface area (Å²) in [6, 6.07) is 0.489. The summed E-state index contributed by atoms with van der Waals surface area (Å²) in [5.41, 5.74) is 0. The van der Waals surface area contributed by atoms with E-state index in [-0.39, 0.29) is 11.9 Å². The summed E-state index contributed by atoms with van der Waals surface area (Å²) in [5.74, 6) is -1.06. The number of aromatic carboxylic acids is 1. The van der Waals surface area contributed by atoms with Gasteiger partial charge < -0.3 is 9.84 Å². The van der Waals surface area contributed by atoms with Crippen molar-refractivity contribution in [3.05, 3.63) is 5.82 Å². The van der Waals surface area contributed by atoms with Crippen molar-refractivity contribution in [2.24, 2.45) is 0 Å². The van der Waals surface area contributed by atoms with Gasteiger partial charge in [-0.1, -0.05) is 24.4 Å². The normalized spacial score (nSPS) is 17.0. The minimum Gasteiger partial charge on any atom is -0.475 e. The maximum Gasteiger partial charge on any atom is 0.374 e. The number of hydrogen-bond donors (Lipinski definition) is 1. The fourth-order valence-electron chi connectivity index (χ4n) is 2.32. The molecular formula is C11H17N3O3. The highest BCUT2D eigenvalue weighted by molar-refractivity contribution is 5.83. The summed E-state index contributed by atoms with van der Waals surface area (Å²) in [5, 5.41) is 16.6. The van der Waals surface area contributed by atoms with E-state index in [0.29, 0.717) is 12.6 Å². The van der Waals surface area contributed by atoms with Crippen LogP contribution in [0.15, 0.2) is 0 Å². The maximum absolute atomic E-state index is 11.1. The minimum absolute atomic E-state index is 0.0136. The highest BCUT2D eigenvalue weighted by atomic mass is 16.5. The number of hydrogen-bond acceptors (Lipinski definition) is 4. The lowest BCUT2D eigenvalue weighted by molar-refractivity contribution is 0.0671. The lowest BCUT2D eigenvalue weighted by Gasteiger charge is -2.24. The molecule has 0 spiro atoms. The van der Waals surface area contributed by atoms with E-state index >= 15 is 0 Å². The summed E-state index contributed by atoms with van der Waals surface area (Å²) in [4.78, 5) is 11.1. The third kappa shape index (κ3) is 2.40. The average Bonchev–Trinajstić information content (AvgIpc) is 2.74. The molecule has 6 nitrogen and oxygen atoms in total. The molecular weight excluding hydrogens is 222 g/mol. The molecule has 2 rings (SSSR count). The number of carboxylic acids is 1. The Morgan fingerprint density at radius 3 is 2.71 bits per heavy atom. The van der Waals surface area contributed by atoms with Crippen LogP contribution in [0.2, 0.25) is 0 Å². The van der Waals surface area contributed by atoms with Crippen LogP contribution in [-0.4, -0.2) is 32.4 Å². The van der Waals surface area contributed by atoms with Crippen LogP contribution in [0.4, 0.5) is 0 Å². The number of nitrogens with zero attached hydrogens (tertiary/aromatic N) is 3. The van der Waals surface area contributed by atoms with Crippen LogP contribution in [-0.2, 0) is 0 Å². The van der Waals surface area contributed by atoms with Crippen LogP contribution in [0, 0.1) is 0 Å². The van der Waals surface area contributed by atoms with Crippen molar-refractivity contribution in [1.29, 1.82) is 0 Å². The molecule has 17 heavy (non-hydrogen) atoms. The van der Waals surface area contributed by atoms with E-state index in [1.807, 2.05) is 6.92 Å². The van der Waals surface area contributed by atoms with Gasteiger partial charge in [0.25, 0.3) is 0 Å². The summed E-state index contributed by atoms with van der Waals surface area (Å²) in [6.07, 6.45) is 5.39. The monoisotopic (exact) mass is 239 g/mol. The van der Waals surface area contributed by atoms with Crippen LogP contribution in [0.3, 0.4) is 0 Å². The molecule has 1 aromatic rings. The highest BCUT2D eigenvalue weighted by Crippen LogP contribution is 2.31. The van der Waals surface area contributed by atoms with Crippen LogP contribution >= 0.6 is 0 Å². The minimum atomic E-state index is -1.05. The predicted molar refractivity (Wildman–Crippen MR) is 60.3 cm³/mol. The van der Waals surface area contributed by atoms with Gasteiger partial charge in [-0.25, -0.2) is 4.79 Å².